The Morgan fingerprint density at radius 2 is 1.56 bits per heavy atom. The summed E-state index contributed by atoms with van der Waals surface area (Å²) in [5, 5.41) is 0. The standard InChI is InChI=1S/C24H28F3N3O2/c1-3-23(31)30-13-7-11-28(2)10-6-12-29(24(32)18-8-4-5-9-19(18)25)16-17-14-20(26)21(27)15-22(17)30/h4-5,8-9,14-15H,3,6-7,10-13,16H2,1-2H3. The summed E-state index contributed by atoms with van der Waals surface area (Å²) in [5.41, 5.74) is 0.466. The van der Waals surface area contributed by atoms with E-state index in [1.54, 1.807) is 13.0 Å². The number of amides is 2. The van der Waals surface area contributed by atoms with Crippen molar-refractivity contribution in [1.82, 2.24) is 9.80 Å². The van der Waals surface area contributed by atoms with Gasteiger partial charge in [0.25, 0.3) is 5.91 Å². The molecular weight excluding hydrogens is 419 g/mol. The fourth-order valence-electron chi connectivity index (χ4n) is 3.93. The van der Waals surface area contributed by atoms with Crippen molar-refractivity contribution in [3.05, 3.63) is 65.0 Å². The van der Waals surface area contributed by atoms with Gasteiger partial charge in [-0.3, -0.25) is 9.59 Å². The third kappa shape index (κ3) is 5.48. The van der Waals surface area contributed by atoms with Crippen LogP contribution in [0.3, 0.4) is 0 Å². The molecule has 0 aliphatic carbocycles. The summed E-state index contributed by atoms with van der Waals surface area (Å²) in [6.07, 6.45) is 1.50. The quantitative estimate of drug-likeness (QED) is 0.693. The Balaban J connectivity index is 2.06. The van der Waals surface area contributed by atoms with E-state index in [-0.39, 0.29) is 30.1 Å². The second-order valence-corrected chi connectivity index (χ2v) is 8.01. The van der Waals surface area contributed by atoms with Crippen molar-refractivity contribution < 1.29 is 22.8 Å². The summed E-state index contributed by atoms with van der Waals surface area (Å²) in [5.74, 6) is -3.52. The van der Waals surface area contributed by atoms with Crippen LogP contribution in [0.25, 0.3) is 0 Å². The van der Waals surface area contributed by atoms with Gasteiger partial charge in [-0.1, -0.05) is 19.1 Å². The van der Waals surface area contributed by atoms with Gasteiger partial charge in [0, 0.05) is 32.1 Å². The van der Waals surface area contributed by atoms with E-state index >= 15 is 0 Å². The van der Waals surface area contributed by atoms with Crippen molar-refractivity contribution >= 4 is 17.5 Å². The van der Waals surface area contributed by atoms with Gasteiger partial charge in [-0.25, -0.2) is 13.2 Å². The van der Waals surface area contributed by atoms with Crippen molar-refractivity contribution in [1.29, 1.82) is 0 Å². The Kier molecular flexibility index (Phi) is 7.90. The first-order chi connectivity index (χ1) is 15.3. The second-order valence-electron chi connectivity index (χ2n) is 8.01. The molecule has 1 aliphatic rings. The summed E-state index contributed by atoms with van der Waals surface area (Å²) >= 11 is 0. The summed E-state index contributed by atoms with van der Waals surface area (Å²) < 4.78 is 42.7. The van der Waals surface area contributed by atoms with E-state index in [1.165, 1.54) is 28.0 Å². The Morgan fingerprint density at radius 1 is 0.906 bits per heavy atom. The number of rotatable bonds is 2. The number of hydrogen-bond acceptors (Lipinski definition) is 3. The normalized spacial score (nSPS) is 16.2. The van der Waals surface area contributed by atoms with Gasteiger partial charge in [-0.05, 0) is 56.7 Å². The highest BCUT2D eigenvalue weighted by molar-refractivity contribution is 5.95. The van der Waals surface area contributed by atoms with E-state index in [2.05, 4.69) is 4.90 Å². The second kappa shape index (κ2) is 10.6. The van der Waals surface area contributed by atoms with Gasteiger partial charge in [0.2, 0.25) is 5.91 Å². The zero-order valence-corrected chi connectivity index (χ0v) is 18.4. The topological polar surface area (TPSA) is 43.9 Å². The van der Waals surface area contributed by atoms with E-state index in [0.29, 0.717) is 44.6 Å². The highest BCUT2D eigenvalue weighted by Gasteiger charge is 2.25. The number of anilines is 1. The molecule has 0 fully saturated rings. The Bertz CT molecular complexity index is 983. The molecule has 0 radical (unpaired) electrons. The van der Waals surface area contributed by atoms with E-state index in [0.717, 1.165) is 12.1 Å². The maximum atomic E-state index is 14.3. The Hall–Kier alpha value is -2.87. The molecule has 0 atom stereocenters. The van der Waals surface area contributed by atoms with Crippen LogP contribution in [-0.2, 0) is 11.3 Å². The van der Waals surface area contributed by atoms with E-state index in [4.69, 9.17) is 0 Å². The average molecular weight is 448 g/mol. The first kappa shape index (κ1) is 23.8. The minimum Gasteiger partial charge on any atom is -0.334 e. The lowest BCUT2D eigenvalue weighted by Gasteiger charge is -2.31. The fourth-order valence-corrected chi connectivity index (χ4v) is 3.93. The van der Waals surface area contributed by atoms with E-state index < -0.39 is 23.4 Å². The predicted molar refractivity (Wildman–Crippen MR) is 117 cm³/mol. The first-order valence-corrected chi connectivity index (χ1v) is 10.8. The van der Waals surface area contributed by atoms with Gasteiger partial charge in [-0.15, -0.1) is 0 Å². The number of nitrogens with zero attached hydrogens (tertiary/aromatic N) is 3. The Labute approximate surface area is 186 Å². The molecular formula is C24H28F3N3O2. The van der Waals surface area contributed by atoms with Crippen LogP contribution in [0.1, 0.15) is 42.1 Å². The number of fused-ring (bicyclic) bond motifs is 1. The number of carbonyl (C=O) groups is 2. The Morgan fingerprint density at radius 3 is 2.25 bits per heavy atom. The van der Waals surface area contributed by atoms with Gasteiger partial charge in [0.05, 0.1) is 11.3 Å². The molecule has 1 aliphatic heterocycles. The zero-order chi connectivity index (χ0) is 23.3. The smallest absolute Gasteiger partial charge is 0.257 e. The summed E-state index contributed by atoms with van der Waals surface area (Å²) in [6.45, 7) is 3.68. The number of benzene rings is 2. The van der Waals surface area contributed by atoms with Gasteiger partial charge in [0.1, 0.15) is 5.82 Å². The van der Waals surface area contributed by atoms with Crippen molar-refractivity contribution in [2.45, 2.75) is 32.7 Å². The zero-order valence-electron chi connectivity index (χ0n) is 18.4. The van der Waals surface area contributed by atoms with E-state index in [9.17, 15) is 22.8 Å². The minimum atomic E-state index is -1.06. The highest BCUT2D eigenvalue weighted by Crippen LogP contribution is 2.28. The van der Waals surface area contributed by atoms with Crippen molar-refractivity contribution in [3.8, 4) is 0 Å². The molecule has 8 heteroatoms. The van der Waals surface area contributed by atoms with Crippen LogP contribution in [0.15, 0.2) is 36.4 Å². The molecule has 5 nitrogen and oxygen atoms in total. The molecule has 172 valence electrons. The van der Waals surface area contributed by atoms with Gasteiger partial charge in [-0.2, -0.15) is 0 Å². The van der Waals surface area contributed by atoms with Crippen LogP contribution < -0.4 is 4.90 Å². The number of carbonyl (C=O) groups excluding carboxylic acids is 2. The van der Waals surface area contributed by atoms with Crippen LogP contribution in [0.5, 0.6) is 0 Å². The monoisotopic (exact) mass is 447 g/mol. The van der Waals surface area contributed by atoms with Gasteiger partial charge in [0.15, 0.2) is 11.6 Å². The maximum absolute atomic E-state index is 14.3. The van der Waals surface area contributed by atoms with Crippen LogP contribution in [0.2, 0.25) is 0 Å². The molecule has 2 amide bonds. The summed E-state index contributed by atoms with van der Waals surface area (Å²) in [6, 6.07) is 7.73. The maximum Gasteiger partial charge on any atom is 0.257 e. The molecule has 0 unspecified atom stereocenters. The molecule has 0 saturated heterocycles. The number of halogens is 3. The predicted octanol–water partition coefficient (Wildman–Crippen LogP) is 4.21. The minimum absolute atomic E-state index is 0.0725. The van der Waals surface area contributed by atoms with E-state index in [1.807, 2.05) is 7.05 Å². The summed E-state index contributed by atoms with van der Waals surface area (Å²) in [4.78, 5) is 30.8. The summed E-state index contributed by atoms with van der Waals surface area (Å²) in [7, 11) is 1.95. The first-order valence-electron chi connectivity index (χ1n) is 10.8. The van der Waals surface area contributed by atoms with Crippen LogP contribution in [-0.4, -0.2) is 54.8 Å². The molecule has 2 aromatic rings. The lowest BCUT2D eigenvalue weighted by molar-refractivity contribution is -0.118. The lowest BCUT2D eigenvalue weighted by Crippen LogP contribution is -2.38. The third-order valence-electron chi connectivity index (χ3n) is 5.66. The van der Waals surface area contributed by atoms with Crippen molar-refractivity contribution in [2.24, 2.45) is 0 Å². The lowest BCUT2D eigenvalue weighted by atomic mass is 10.1. The van der Waals surface area contributed by atoms with Crippen molar-refractivity contribution in [2.75, 3.05) is 38.1 Å². The molecule has 0 N–H and O–H groups in total. The fraction of sp³-hybridized carbons (Fsp3) is 0.417. The molecule has 32 heavy (non-hydrogen) atoms. The molecule has 0 aromatic heterocycles. The molecule has 2 aromatic carbocycles. The molecule has 0 saturated carbocycles. The highest BCUT2D eigenvalue weighted by atomic mass is 19.2. The van der Waals surface area contributed by atoms with Crippen LogP contribution in [0, 0.1) is 17.5 Å². The largest absolute Gasteiger partial charge is 0.334 e. The number of hydrogen-bond donors (Lipinski definition) is 0. The third-order valence-corrected chi connectivity index (χ3v) is 5.66. The SMILES string of the molecule is CCC(=O)N1CCCN(C)CCCN(C(=O)c2ccccc2F)Cc2cc(F)c(F)cc21. The van der Waals surface area contributed by atoms with Gasteiger partial charge < -0.3 is 14.7 Å². The van der Waals surface area contributed by atoms with Crippen LogP contribution in [0.4, 0.5) is 18.9 Å². The molecule has 3 rings (SSSR count). The molecule has 0 spiro atoms. The molecule has 0 bridgehead atoms. The average Bonchev–Trinajstić information content (AvgIpc) is 2.77. The van der Waals surface area contributed by atoms with Crippen LogP contribution >= 0.6 is 0 Å². The van der Waals surface area contributed by atoms with Gasteiger partial charge >= 0.3 is 0 Å². The van der Waals surface area contributed by atoms with Crippen molar-refractivity contribution in [3.63, 3.8) is 0 Å². The molecule has 1 heterocycles.